The van der Waals surface area contributed by atoms with Crippen molar-refractivity contribution in [3.63, 3.8) is 0 Å². The van der Waals surface area contributed by atoms with Gasteiger partial charge in [0.15, 0.2) is 0 Å². The van der Waals surface area contributed by atoms with Crippen molar-refractivity contribution in [2.75, 3.05) is 24.5 Å². The van der Waals surface area contributed by atoms with Crippen LogP contribution in [0.5, 0.6) is 0 Å². The Morgan fingerprint density at radius 1 is 1.53 bits per heavy atom. The lowest BCUT2D eigenvalue weighted by Crippen LogP contribution is -2.39. The summed E-state index contributed by atoms with van der Waals surface area (Å²) in [6.45, 7) is 9.91. The van der Waals surface area contributed by atoms with Crippen molar-refractivity contribution in [2.45, 2.75) is 39.7 Å². The van der Waals surface area contributed by atoms with Crippen LogP contribution in [-0.2, 0) is 0 Å². The Morgan fingerprint density at radius 2 is 2.32 bits per heavy atom. The molecule has 1 unspecified atom stereocenters. The first-order valence-corrected chi connectivity index (χ1v) is 7.96. The van der Waals surface area contributed by atoms with E-state index in [1.54, 1.807) is 0 Å². The third-order valence-electron chi connectivity index (χ3n) is 3.64. The van der Waals surface area contributed by atoms with Crippen molar-refractivity contribution in [2.24, 2.45) is 5.92 Å². The molecule has 2 heterocycles. The van der Waals surface area contributed by atoms with Gasteiger partial charge in [-0.2, -0.15) is 0 Å². The zero-order chi connectivity index (χ0) is 13.8. The van der Waals surface area contributed by atoms with Gasteiger partial charge in [-0.1, -0.05) is 13.8 Å². The van der Waals surface area contributed by atoms with Gasteiger partial charge in [-0.3, -0.25) is 0 Å². The number of rotatable bonds is 5. The van der Waals surface area contributed by atoms with Gasteiger partial charge < -0.3 is 10.2 Å². The highest BCUT2D eigenvalue weighted by atomic mass is 79.9. The Morgan fingerprint density at radius 3 is 3.00 bits per heavy atom. The van der Waals surface area contributed by atoms with E-state index in [1.165, 1.54) is 18.4 Å². The lowest BCUT2D eigenvalue weighted by atomic mass is 10.2. The first-order chi connectivity index (χ1) is 9.08. The molecule has 0 amide bonds. The third kappa shape index (κ3) is 3.93. The monoisotopic (exact) mass is 325 g/mol. The van der Waals surface area contributed by atoms with E-state index in [-0.39, 0.29) is 0 Å². The fraction of sp³-hybridized carbons (Fsp3) is 0.667. The number of halogens is 1. The SMILES string of the molecule is Cc1cc(N2CCCC2CNCC(C)C)ncc1Br. The van der Waals surface area contributed by atoms with E-state index < -0.39 is 0 Å². The summed E-state index contributed by atoms with van der Waals surface area (Å²) < 4.78 is 1.09. The number of aromatic nitrogens is 1. The maximum absolute atomic E-state index is 4.57. The summed E-state index contributed by atoms with van der Waals surface area (Å²) in [4.78, 5) is 7.02. The predicted molar refractivity (Wildman–Crippen MR) is 84.7 cm³/mol. The van der Waals surface area contributed by atoms with E-state index in [1.807, 2.05) is 6.20 Å². The van der Waals surface area contributed by atoms with Crippen LogP contribution in [0.4, 0.5) is 5.82 Å². The quantitative estimate of drug-likeness (QED) is 0.899. The zero-order valence-electron chi connectivity index (χ0n) is 12.1. The fourth-order valence-corrected chi connectivity index (χ4v) is 2.79. The van der Waals surface area contributed by atoms with Gasteiger partial charge in [-0.15, -0.1) is 0 Å². The van der Waals surface area contributed by atoms with Crippen LogP contribution in [-0.4, -0.2) is 30.7 Å². The molecule has 0 radical (unpaired) electrons. The molecule has 1 aromatic heterocycles. The van der Waals surface area contributed by atoms with Crippen molar-refractivity contribution in [1.82, 2.24) is 10.3 Å². The van der Waals surface area contributed by atoms with Crippen molar-refractivity contribution < 1.29 is 0 Å². The molecule has 4 heteroatoms. The van der Waals surface area contributed by atoms with Crippen LogP contribution in [0.2, 0.25) is 0 Å². The molecule has 0 spiro atoms. The Balaban J connectivity index is 1.99. The van der Waals surface area contributed by atoms with Gasteiger partial charge in [0.25, 0.3) is 0 Å². The molecule has 0 aliphatic carbocycles. The van der Waals surface area contributed by atoms with Crippen molar-refractivity contribution in [3.8, 4) is 0 Å². The predicted octanol–water partition coefficient (Wildman–Crippen LogP) is 3.37. The second-order valence-corrected chi connectivity index (χ2v) is 6.69. The number of nitrogens with zero attached hydrogens (tertiary/aromatic N) is 2. The van der Waals surface area contributed by atoms with Crippen LogP contribution >= 0.6 is 15.9 Å². The molecule has 2 rings (SSSR count). The highest BCUT2D eigenvalue weighted by molar-refractivity contribution is 9.10. The van der Waals surface area contributed by atoms with Crippen LogP contribution < -0.4 is 10.2 Å². The van der Waals surface area contributed by atoms with E-state index in [0.29, 0.717) is 12.0 Å². The van der Waals surface area contributed by atoms with E-state index in [2.05, 4.69) is 58.0 Å². The molecule has 1 N–H and O–H groups in total. The van der Waals surface area contributed by atoms with Crippen molar-refractivity contribution in [1.29, 1.82) is 0 Å². The molecule has 1 aliphatic heterocycles. The molecule has 19 heavy (non-hydrogen) atoms. The molecule has 1 saturated heterocycles. The van der Waals surface area contributed by atoms with Crippen molar-refractivity contribution in [3.05, 3.63) is 22.3 Å². The molecule has 106 valence electrons. The first kappa shape index (κ1) is 14.8. The summed E-state index contributed by atoms with van der Waals surface area (Å²) in [5.74, 6) is 1.83. The highest BCUT2D eigenvalue weighted by Crippen LogP contribution is 2.26. The largest absolute Gasteiger partial charge is 0.352 e. The van der Waals surface area contributed by atoms with Gasteiger partial charge >= 0.3 is 0 Å². The minimum atomic E-state index is 0.590. The number of nitrogens with one attached hydrogen (secondary N) is 1. The van der Waals surface area contributed by atoms with Crippen LogP contribution in [0.3, 0.4) is 0 Å². The Bertz CT molecular complexity index is 420. The number of anilines is 1. The summed E-state index contributed by atoms with van der Waals surface area (Å²) in [5, 5.41) is 3.57. The molecule has 1 aliphatic rings. The summed E-state index contributed by atoms with van der Waals surface area (Å²) >= 11 is 3.52. The maximum atomic E-state index is 4.57. The second-order valence-electron chi connectivity index (χ2n) is 5.83. The van der Waals surface area contributed by atoms with E-state index in [0.717, 1.165) is 29.9 Å². The lowest BCUT2D eigenvalue weighted by Gasteiger charge is -2.26. The molecule has 0 saturated carbocycles. The normalized spacial score (nSPS) is 19.4. The van der Waals surface area contributed by atoms with Gasteiger partial charge in [-0.25, -0.2) is 4.98 Å². The average Bonchev–Trinajstić information content (AvgIpc) is 2.80. The lowest BCUT2D eigenvalue weighted by molar-refractivity contribution is 0.511. The van der Waals surface area contributed by atoms with Crippen LogP contribution in [0.25, 0.3) is 0 Å². The number of aryl methyl sites for hydroxylation is 1. The zero-order valence-corrected chi connectivity index (χ0v) is 13.7. The molecule has 1 aromatic rings. The van der Waals surface area contributed by atoms with Gasteiger partial charge in [-0.05, 0) is 59.8 Å². The Hall–Kier alpha value is -0.610. The molecular formula is C15H24BrN3. The van der Waals surface area contributed by atoms with Crippen LogP contribution in [0.1, 0.15) is 32.3 Å². The highest BCUT2D eigenvalue weighted by Gasteiger charge is 2.25. The molecule has 0 bridgehead atoms. The third-order valence-corrected chi connectivity index (χ3v) is 4.47. The summed E-state index contributed by atoms with van der Waals surface area (Å²) in [6, 6.07) is 2.78. The topological polar surface area (TPSA) is 28.2 Å². The Kier molecular flexibility index (Phi) is 5.22. The minimum Gasteiger partial charge on any atom is -0.352 e. The molecule has 0 aromatic carbocycles. The van der Waals surface area contributed by atoms with Gasteiger partial charge in [0, 0.05) is 29.8 Å². The second kappa shape index (κ2) is 6.71. The van der Waals surface area contributed by atoms with E-state index in [9.17, 15) is 0 Å². The van der Waals surface area contributed by atoms with Crippen molar-refractivity contribution >= 4 is 21.7 Å². The molecule has 3 nitrogen and oxygen atoms in total. The van der Waals surface area contributed by atoms with E-state index in [4.69, 9.17) is 0 Å². The standard InChI is InChI=1S/C15H24BrN3/c1-11(2)8-17-9-13-5-4-6-19(13)15-7-12(3)14(16)10-18-15/h7,10-11,13,17H,4-6,8-9H2,1-3H3. The fourth-order valence-electron chi connectivity index (χ4n) is 2.57. The summed E-state index contributed by atoms with van der Waals surface area (Å²) in [6.07, 6.45) is 4.45. The number of pyridine rings is 1. The van der Waals surface area contributed by atoms with Gasteiger partial charge in [0.05, 0.1) is 0 Å². The van der Waals surface area contributed by atoms with Crippen LogP contribution in [0, 0.1) is 12.8 Å². The smallest absolute Gasteiger partial charge is 0.129 e. The Labute approximate surface area is 124 Å². The summed E-state index contributed by atoms with van der Waals surface area (Å²) in [5.41, 5.74) is 1.26. The number of hydrogen-bond acceptors (Lipinski definition) is 3. The maximum Gasteiger partial charge on any atom is 0.129 e. The average molecular weight is 326 g/mol. The van der Waals surface area contributed by atoms with E-state index >= 15 is 0 Å². The van der Waals surface area contributed by atoms with Gasteiger partial charge in [0.2, 0.25) is 0 Å². The summed E-state index contributed by atoms with van der Waals surface area (Å²) in [7, 11) is 0. The first-order valence-electron chi connectivity index (χ1n) is 7.17. The minimum absolute atomic E-state index is 0.590. The molecular weight excluding hydrogens is 302 g/mol. The van der Waals surface area contributed by atoms with Gasteiger partial charge in [0.1, 0.15) is 5.82 Å². The molecule has 1 fully saturated rings. The van der Waals surface area contributed by atoms with Crippen LogP contribution in [0.15, 0.2) is 16.7 Å². The number of hydrogen-bond donors (Lipinski definition) is 1. The molecule has 1 atom stereocenters.